The summed E-state index contributed by atoms with van der Waals surface area (Å²) in [6.07, 6.45) is -0.211. The Morgan fingerprint density at radius 2 is 2.00 bits per heavy atom. The molecule has 0 unspecified atom stereocenters. The molecule has 0 N–H and O–H groups in total. The lowest BCUT2D eigenvalue weighted by atomic mass is 10.2. The average molecular weight is 345 g/mol. The Morgan fingerprint density at radius 1 is 1.32 bits per heavy atom. The number of sulfone groups is 1. The van der Waals surface area contributed by atoms with Gasteiger partial charge in [0.2, 0.25) is 11.7 Å². The van der Waals surface area contributed by atoms with Crippen LogP contribution in [0.25, 0.3) is 11.4 Å². The highest BCUT2D eigenvalue weighted by molar-refractivity contribution is 7.90. The summed E-state index contributed by atoms with van der Waals surface area (Å²) in [6, 6.07) is 6.73. The van der Waals surface area contributed by atoms with Gasteiger partial charge in [-0.25, -0.2) is 8.42 Å². The van der Waals surface area contributed by atoms with Crippen LogP contribution in [0.15, 0.2) is 28.8 Å². The van der Waals surface area contributed by atoms with Crippen molar-refractivity contribution in [1.82, 2.24) is 10.1 Å². The molecule has 0 aliphatic heterocycles. The summed E-state index contributed by atoms with van der Waals surface area (Å²) in [5, 5.41) is 4.29. The van der Waals surface area contributed by atoms with Crippen LogP contribution in [0.5, 0.6) is 0 Å². The van der Waals surface area contributed by atoms with E-state index in [0.717, 1.165) is 0 Å². The molecule has 2 rings (SSSR count). The van der Waals surface area contributed by atoms with Gasteiger partial charge in [0.05, 0.1) is 19.3 Å². The van der Waals surface area contributed by atoms with Gasteiger partial charge < -0.3 is 9.26 Å². The molecule has 0 saturated heterocycles. The van der Waals surface area contributed by atoms with Crippen LogP contribution in [-0.4, -0.2) is 37.4 Å². The van der Waals surface area contributed by atoms with E-state index in [1.165, 1.54) is 7.11 Å². The topological polar surface area (TPSA) is 99.4 Å². The quantitative estimate of drug-likeness (QED) is 0.737. The summed E-state index contributed by atoms with van der Waals surface area (Å²) in [5.41, 5.74) is 0.659. The molecule has 9 heteroatoms. The molecule has 0 fully saturated rings. The molecule has 1 aromatic carbocycles. The molecular weight excluding hydrogens is 332 g/mol. The van der Waals surface area contributed by atoms with E-state index in [1.807, 2.05) is 0 Å². The first-order chi connectivity index (χ1) is 10.4. The van der Waals surface area contributed by atoms with Crippen LogP contribution in [0.3, 0.4) is 0 Å². The fraction of sp³-hybridized carbons (Fsp3) is 0.308. The van der Waals surface area contributed by atoms with Crippen LogP contribution in [0, 0.1) is 0 Å². The lowest BCUT2D eigenvalue weighted by Crippen LogP contribution is -2.14. The molecule has 0 bridgehead atoms. The van der Waals surface area contributed by atoms with Crippen molar-refractivity contribution in [2.24, 2.45) is 0 Å². The monoisotopic (exact) mass is 344 g/mol. The Bertz CT molecular complexity index is 755. The Labute approximate surface area is 132 Å². The summed E-state index contributed by atoms with van der Waals surface area (Å²) in [6.45, 7) is 0. The zero-order valence-electron chi connectivity index (χ0n) is 11.7. The van der Waals surface area contributed by atoms with Crippen LogP contribution in [0.2, 0.25) is 5.02 Å². The number of hydrogen-bond donors (Lipinski definition) is 0. The third-order valence-corrected chi connectivity index (χ3v) is 4.52. The van der Waals surface area contributed by atoms with E-state index in [4.69, 9.17) is 16.1 Å². The Morgan fingerprint density at radius 3 is 2.64 bits per heavy atom. The predicted octanol–water partition coefficient (Wildman–Crippen LogP) is 1.87. The maximum atomic E-state index is 11.9. The largest absolute Gasteiger partial charge is 0.469 e. The fourth-order valence-electron chi connectivity index (χ4n) is 1.63. The Kier molecular flexibility index (Phi) is 5.15. The molecule has 0 amide bonds. The van der Waals surface area contributed by atoms with Gasteiger partial charge in [0, 0.05) is 10.6 Å². The zero-order chi connectivity index (χ0) is 16.2. The number of hydrogen-bond acceptors (Lipinski definition) is 7. The van der Waals surface area contributed by atoms with Gasteiger partial charge in [0.1, 0.15) is 5.75 Å². The smallest absolute Gasteiger partial charge is 0.306 e. The van der Waals surface area contributed by atoms with Gasteiger partial charge in [-0.2, -0.15) is 4.98 Å². The normalized spacial score (nSPS) is 11.4. The van der Waals surface area contributed by atoms with Crippen molar-refractivity contribution in [1.29, 1.82) is 0 Å². The zero-order valence-corrected chi connectivity index (χ0v) is 13.2. The number of esters is 1. The Balaban J connectivity index is 2.05. The molecule has 22 heavy (non-hydrogen) atoms. The maximum Gasteiger partial charge on any atom is 0.306 e. The van der Waals surface area contributed by atoms with Gasteiger partial charge in [0.25, 0.3) is 0 Å². The highest BCUT2D eigenvalue weighted by Gasteiger charge is 2.19. The number of carbonyl (C=O) groups excluding carboxylic acids is 1. The van der Waals surface area contributed by atoms with E-state index in [-0.39, 0.29) is 23.9 Å². The number of aromatic nitrogens is 2. The van der Waals surface area contributed by atoms with Crippen molar-refractivity contribution >= 4 is 27.4 Å². The standard InChI is InChI=1S/C13H13ClN2O5S/c1-20-12(17)6-7-22(18,19)8-11-15-13(16-21-11)9-2-4-10(14)5-3-9/h2-5H,6-8H2,1H3. The van der Waals surface area contributed by atoms with Gasteiger partial charge in [-0.1, -0.05) is 16.8 Å². The number of nitrogens with zero attached hydrogens (tertiary/aromatic N) is 2. The third kappa shape index (κ3) is 4.54. The first-order valence-electron chi connectivity index (χ1n) is 6.25. The molecule has 0 spiro atoms. The minimum absolute atomic E-state index is 0.0326. The van der Waals surface area contributed by atoms with Gasteiger partial charge in [0.15, 0.2) is 9.84 Å². The third-order valence-electron chi connectivity index (χ3n) is 2.76. The average Bonchev–Trinajstić information content (AvgIpc) is 2.93. The highest BCUT2D eigenvalue weighted by Crippen LogP contribution is 2.19. The van der Waals surface area contributed by atoms with Crippen LogP contribution in [0.4, 0.5) is 0 Å². The molecule has 2 aromatic rings. The first-order valence-corrected chi connectivity index (χ1v) is 8.45. The molecular formula is C13H13ClN2O5S. The summed E-state index contributed by atoms with van der Waals surface area (Å²) >= 11 is 5.78. The number of halogens is 1. The number of carbonyl (C=O) groups is 1. The molecule has 0 aliphatic rings. The summed E-state index contributed by atoms with van der Waals surface area (Å²) in [5.74, 6) is -1.11. The van der Waals surface area contributed by atoms with E-state index in [2.05, 4.69) is 14.9 Å². The molecule has 7 nitrogen and oxygen atoms in total. The van der Waals surface area contributed by atoms with E-state index < -0.39 is 21.6 Å². The number of ether oxygens (including phenoxy) is 1. The summed E-state index contributed by atoms with van der Waals surface area (Å²) in [4.78, 5) is 15.0. The molecule has 0 radical (unpaired) electrons. The number of methoxy groups -OCH3 is 1. The second-order valence-electron chi connectivity index (χ2n) is 4.44. The number of benzene rings is 1. The second-order valence-corrected chi connectivity index (χ2v) is 7.06. The van der Waals surface area contributed by atoms with Crippen LogP contribution in [-0.2, 0) is 25.1 Å². The van der Waals surface area contributed by atoms with Gasteiger partial charge in [-0.05, 0) is 24.3 Å². The lowest BCUT2D eigenvalue weighted by Gasteiger charge is -2.00. The molecule has 0 aliphatic carbocycles. The molecule has 0 saturated carbocycles. The van der Waals surface area contributed by atoms with E-state index in [9.17, 15) is 13.2 Å². The van der Waals surface area contributed by atoms with Crippen molar-refractivity contribution in [2.75, 3.05) is 12.9 Å². The van der Waals surface area contributed by atoms with Crippen LogP contribution < -0.4 is 0 Å². The first kappa shape index (κ1) is 16.4. The van der Waals surface area contributed by atoms with Crippen molar-refractivity contribution in [2.45, 2.75) is 12.2 Å². The Hall–Kier alpha value is -1.93. The van der Waals surface area contributed by atoms with Crippen LogP contribution in [0.1, 0.15) is 12.3 Å². The molecule has 118 valence electrons. The van der Waals surface area contributed by atoms with Crippen molar-refractivity contribution in [3.8, 4) is 11.4 Å². The SMILES string of the molecule is COC(=O)CCS(=O)(=O)Cc1nc(-c2ccc(Cl)cc2)no1. The lowest BCUT2D eigenvalue weighted by molar-refractivity contribution is -0.140. The van der Waals surface area contributed by atoms with Crippen molar-refractivity contribution < 1.29 is 22.5 Å². The van der Waals surface area contributed by atoms with Crippen molar-refractivity contribution in [3.63, 3.8) is 0 Å². The maximum absolute atomic E-state index is 11.9. The van der Waals surface area contributed by atoms with Gasteiger partial charge in [-0.15, -0.1) is 0 Å². The van der Waals surface area contributed by atoms with E-state index in [0.29, 0.717) is 10.6 Å². The van der Waals surface area contributed by atoms with Gasteiger partial charge >= 0.3 is 5.97 Å². The van der Waals surface area contributed by atoms with Crippen molar-refractivity contribution in [3.05, 3.63) is 35.2 Å². The van der Waals surface area contributed by atoms with Crippen LogP contribution >= 0.6 is 11.6 Å². The van der Waals surface area contributed by atoms with E-state index in [1.54, 1.807) is 24.3 Å². The number of rotatable bonds is 6. The summed E-state index contributed by atoms with van der Waals surface area (Å²) < 4.78 is 33.0. The molecule has 1 aromatic heterocycles. The minimum atomic E-state index is -3.53. The molecule has 1 heterocycles. The second kappa shape index (κ2) is 6.89. The minimum Gasteiger partial charge on any atom is -0.469 e. The fourth-order valence-corrected chi connectivity index (χ4v) is 2.87. The van der Waals surface area contributed by atoms with E-state index >= 15 is 0 Å². The predicted molar refractivity (Wildman–Crippen MR) is 78.9 cm³/mol. The molecule has 0 atom stereocenters. The summed E-state index contributed by atoms with van der Waals surface area (Å²) in [7, 11) is -2.33. The highest BCUT2D eigenvalue weighted by atomic mass is 35.5. The van der Waals surface area contributed by atoms with Gasteiger partial charge in [-0.3, -0.25) is 4.79 Å².